The van der Waals surface area contributed by atoms with Crippen LogP contribution in [0.5, 0.6) is 5.75 Å². The molecule has 3 aromatic carbocycles. The Morgan fingerprint density at radius 2 is 1.93 bits per heavy atom. The van der Waals surface area contributed by atoms with E-state index in [-0.39, 0.29) is 5.57 Å². The van der Waals surface area contributed by atoms with Crippen LogP contribution in [0.15, 0.2) is 72.3 Å². The molecule has 1 amide bonds. The van der Waals surface area contributed by atoms with E-state index in [1.54, 1.807) is 24.3 Å². The number of halogens is 2. The molecular formula is C24H18ClIN2O2. The van der Waals surface area contributed by atoms with Gasteiger partial charge in [0, 0.05) is 9.26 Å². The number of hydrogen-bond donors (Lipinski definition) is 1. The lowest BCUT2D eigenvalue weighted by atomic mass is 10.1. The third-order valence-electron chi connectivity index (χ3n) is 4.22. The van der Waals surface area contributed by atoms with Gasteiger partial charge in [0.05, 0.1) is 5.02 Å². The second kappa shape index (κ2) is 10.3. The number of nitrogens with zero attached hydrogens (tertiary/aromatic N) is 1. The third-order valence-corrected chi connectivity index (χ3v) is 5.23. The summed E-state index contributed by atoms with van der Waals surface area (Å²) in [4.78, 5) is 12.4. The Balaban J connectivity index is 1.70. The summed E-state index contributed by atoms with van der Waals surface area (Å²) in [6.07, 6.45) is 1.50. The maximum Gasteiger partial charge on any atom is 0.266 e. The summed E-state index contributed by atoms with van der Waals surface area (Å²) in [6.45, 7) is 2.33. The molecule has 1 N–H and O–H groups in total. The maximum atomic E-state index is 12.4. The van der Waals surface area contributed by atoms with E-state index in [1.807, 2.05) is 55.5 Å². The summed E-state index contributed by atoms with van der Waals surface area (Å²) in [6, 6.07) is 22.5. The molecule has 30 heavy (non-hydrogen) atoms. The van der Waals surface area contributed by atoms with Crippen molar-refractivity contribution >= 4 is 51.9 Å². The summed E-state index contributed by atoms with van der Waals surface area (Å²) in [5.41, 5.74) is 3.31. The van der Waals surface area contributed by atoms with Crippen LogP contribution in [0.3, 0.4) is 0 Å². The number of nitrogens with one attached hydrogen (secondary N) is 1. The highest BCUT2D eigenvalue weighted by atomic mass is 127. The lowest BCUT2D eigenvalue weighted by Gasteiger charge is -2.09. The summed E-state index contributed by atoms with van der Waals surface area (Å²) in [5.74, 6) is 0.0633. The number of nitriles is 1. The van der Waals surface area contributed by atoms with E-state index in [0.717, 1.165) is 14.7 Å². The van der Waals surface area contributed by atoms with Crippen LogP contribution >= 0.6 is 34.2 Å². The van der Waals surface area contributed by atoms with Gasteiger partial charge in [-0.25, -0.2) is 0 Å². The van der Waals surface area contributed by atoms with Gasteiger partial charge in [0.1, 0.15) is 24.0 Å². The Hall–Kier alpha value is -2.82. The Labute approximate surface area is 194 Å². The van der Waals surface area contributed by atoms with E-state index in [0.29, 0.717) is 28.6 Å². The molecule has 0 atom stereocenters. The Morgan fingerprint density at radius 3 is 2.60 bits per heavy atom. The molecule has 0 saturated heterocycles. The van der Waals surface area contributed by atoms with Gasteiger partial charge in [0.25, 0.3) is 5.91 Å². The second-order valence-electron chi connectivity index (χ2n) is 6.60. The quantitative estimate of drug-likeness (QED) is 0.229. The second-order valence-corrected chi connectivity index (χ2v) is 8.25. The van der Waals surface area contributed by atoms with Crippen molar-refractivity contribution in [1.29, 1.82) is 5.26 Å². The van der Waals surface area contributed by atoms with Gasteiger partial charge in [-0.3, -0.25) is 4.79 Å². The highest BCUT2D eigenvalue weighted by molar-refractivity contribution is 14.1. The van der Waals surface area contributed by atoms with E-state index >= 15 is 0 Å². The maximum absolute atomic E-state index is 12.4. The normalized spacial score (nSPS) is 10.9. The van der Waals surface area contributed by atoms with Gasteiger partial charge in [-0.05, 0) is 88.7 Å². The fourth-order valence-electron chi connectivity index (χ4n) is 2.70. The molecule has 3 aromatic rings. The summed E-state index contributed by atoms with van der Waals surface area (Å²) in [5, 5.41) is 12.5. The van der Waals surface area contributed by atoms with E-state index < -0.39 is 5.91 Å². The summed E-state index contributed by atoms with van der Waals surface area (Å²) < 4.78 is 6.94. The number of carbonyl (C=O) groups is 1. The lowest BCUT2D eigenvalue weighted by molar-refractivity contribution is -0.112. The predicted octanol–water partition coefficient (Wildman–Crippen LogP) is 6.38. The Bertz CT molecular complexity index is 1130. The number of rotatable bonds is 6. The number of amides is 1. The molecular weight excluding hydrogens is 511 g/mol. The van der Waals surface area contributed by atoms with Gasteiger partial charge >= 0.3 is 0 Å². The minimum absolute atomic E-state index is 0.0138. The van der Waals surface area contributed by atoms with Crippen LogP contribution < -0.4 is 10.1 Å². The highest BCUT2D eigenvalue weighted by Gasteiger charge is 2.11. The minimum Gasteiger partial charge on any atom is -0.487 e. The fraction of sp³-hybridized carbons (Fsp3) is 0.0833. The van der Waals surface area contributed by atoms with Crippen molar-refractivity contribution in [3.05, 3.63) is 97.6 Å². The first-order chi connectivity index (χ1) is 14.4. The molecule has 0 heterocycles. The summed E-state index contributed by atoms with van der Waals surface area (Å²) in [7, 11) is 0. The van der Waals surface area contributed by atoms with Crippen molar-refractivity contribution in [3.8, 4) is 11.8 Å². The van der Waals surface area contributed by atoms with Gasteiger partial charge in [-0.1, -0.05) is 41.9 Å². The first-order valence-corrected chi connectivity index (χ1v) is 10.6. The van der Waals surface area contributed by atoms with Crippen molar-refractivity contribution < 1.29 is 9.53 Å². The molecule has 0 aromatic heterocycles. The zero-order valence-corrected chi connectivity index (χ0v) is 19.1. The smallest absolute Gasteiger partial charge is 0.266 e. The van der Waals surface area contributed by atoms with Gasteiger partial charge in [-0.2, -0.15) is 5.26 Å². The lowest BCUT2D eigenvalue weighted by Crippen LogP contribution is -2.13. The molecule has 0 unspecified atom stereocenters. The average Bonchev–Trinajstić information content (AvgIpc) is 2.72. The first-order valence-electron chi connectivity index (χ1n) is 9.11. The number of benzene rings is 3. The molecule has 0 radical (unpaired) electrons. The molecule has 4 nitrogen and oxygen atoms in total. The van der Waals surface area contributed by atoms with E-state index in [1.165, 1.54) is 6.08 Å². The minimum atomic E-state index is -0.474. The van der Waals surface area contributed by atoms with Crippen LogP contribution in [0.25, 0.3) is 6.08 Å². The topological polar surface area (TPSA) is 62.1 Å². The molecule has 0 bridgehead atoms. The van der Waals surface area contributed by atoms with E-state index in [2.05, 4.69) is 27.9 Å². The Kier molecular flexibility index (Phi) is 7.50. The zero-order chi connectivity index (χ0) is 21.5. The van der Waals surface area contributed by atoms with Gasteiger partial charge in [0.2, 0.25) is 0 Å². The SMILES string of the molecule is Cc1cccc(NC(=O)/C(C#N)=C/c2ccc(OCc3ccc(I)cc3)c(Cl)c2)c1. The molecule has 3 rings (SSSR count). The highest BCUT2D eigenvalue weighted by Crippen LogP contribution is 2.27. The fourth-order valence-corrected chi connectivity index (χ4v) is 3.31. The standard InChI is InChI=1S/C24H18ClIN2O2/c1-16-3-2-4-21(11-16)28-24(29)19(14-27)12-18-7-10-23(22(25)13-18)30-15-17-5-8-20(26)9-6-17/h2-13H,15H2,1H3,(H,28,29)/b19-12+. The molecule has 0 aliphatic heterocycles. The largest absolute Gasteiger partial charge is 0.487 e. The van der Waals surface area contributed by atoms with Crippen molar-refractivity contribution in [3.63, 3.8) is 0 Å². The predicted molar refractivity (Wildman–Crippen MR) is 128 cm³/mol. The van der Waals surface area contributed by atoms with Crippen LogP contribution in [0.1, 0.15) is 16.7 Å². The van der Waals surface area contributed by atoms with Crippen molar-refractivity contribution in [1.82, 2.24) is 0 Å². The van der Waals surface area contributed by atoms with Crippen LogP contribution in [-0.2, 0) is 11.4 Å². The Morgan fingerprint density at radius 1 is 1.17 bits per heavy atom. The van der Waals surface area contributed by atoms with E-state index in [9.17, 15) is 10.1 Å². The van der Waals surface area contributed by atoms with Crippen LogP contribution in [0.4, 0.5) is 5.69 Å². The molecule has 0 aliphatic rings. The summed E-state index contributed by atoms with van der Waals surface area (Å²) >= 11 is 8.59. The van der Waals surface area contributed by atoms with Gasteiger partial charge in [0.15, 0.2) is 0 Å². The third kappa shape index (κ3) is 6.09. The van der Waals surface area contributed by atoms with Crippen molar-refractivity contribution in [2.75, 3.05) is 5.32 Å². The molecule has 0 saturated carbocycles. The molecule has 0 spiro atoms. The van der Waals surface area contributed by atoms with Crippen LogP contribution in [0, 0.1) is 21.8 Å². The number of hydrogen-bond acceptors (Lipinski definition) is 3. The average molecular weight is 529 g/mol. The number of carbonyl (C=O) groups excluding carboxylic acids is 1. The molecule has 0 aliphatic carbocycles. The molecule has 0 fully saturated rings. The monoisotopic (exact) mass is 528 g/mol. The first kappa shape index (κ1) is 21.9. The van der Waals surface area contributed by atoms with Crippen LogP contribution in [0.2, 0.25) is 5.02 Å². The zero-order valence-electron chi connectivity index (χ0n) is 16.2. The molecule has 150 valence electrons. The van der Waals surface area contributed by atoms with Crippen molar-refractivity contribution in [2.24, 2.45) is 0 Å². The molecule has 6 heteroatoms. The van der Waals surface area contributed by atoms with Gasteiger partial charge in [-0.15, -0.1) is 0 Å². The number of ether oxygens (including phenoxy) is 1. The van der Waals surface area contributed by atoms with Gasteiger partial charge < -0.3 is 10.1 Å². The van der Waals surface area contributed by atoms with Crippen molar-refractivity contribution in [2.45, 2.75) is 13.5 Å². The number of aryl methyl sites for hydroxylation is 1. The van der Waals surface area contributed by atoms with E-state index in [4.69, 9.17) is 16.3 Å². The number of anilines is 1. The van der Waals surface area contributed by atoms with Crippen LogP contribution in [-0.4, -0.2) is 5.91 Å².